The SMILES string of the molecule is CBr.O=C(O)c1cc(F)ccc1O.O=C(O)c1cc(F)ccc1[O-].[Br-].c1ccc([S+](c2ccccc2)c2ccccc2)cc1.c1ccc([S+](c2ccccc2)c2ccccc2)cc1. The molecule has 8 rings (SSSR count). The van der Waals surface area contributed by atoms with E-state index in [0.29, 0.717) is 6.07 Å². The van der Waals surface area contributed by atoms with Gasteiger partial charge in [-0.25, -0.2) is 18.4 Å². The van der Waals surface area contributed by atoms with E-state index in [9.17, 15) is 23.5 Å². The zero-order chi connectivity index (χ0) is 44.7. The van der Waals surface area contributed by atoms with Gasteiger partial charge in [0.05, 0.1) is 27.4 Å². The summed E-state index contributed by atoms with van der Waals surface area (Å²) in [5, 5.41) is 36.2. The number of carboxylic acids is 2. The molecule has 0 atom stereocenters. The number of carboxylic acid groups (broad SMARTS) is 2. The third-order valence-corrected chi connectivity index (χ3v) is 12.7. The number of benzene rings is 8. The van der Waals surface area contributed by atoms with Gasteiger partial charge < -0.3 is 37.4 Å². The molecule has 12 heteroatoms. The Labute approximate surface area is 390 Å². The van der Waals surface area contributed by atoms with Crippen LogP contribution >= 0.6 is 15.9 Å². The lowest BCUT2D eigenvalue weighted by Gasteiger charge is -2.07. The van der Waals surface area contributed by atoms with E-state index in [1.54, 1.807) is 0 Å². The molecule has 0 aliphatic rings. The van der Waals surface area contributed by atoms with Crippen LogP contribution in [-0.2, 0) is 21.8 Å². The van der Waals surface area contributed by atoms with E-state index in [4.69, 9.17) is 15.3 Å². The van der Waals surface area contributed by atoms with E-state index in [0.717, 1.165) is 30.3 Å². The quantitative estimate of drug-likeness (QED) is 0.103. The summed E-state index contributed by atoms with van der Waals surface area (Å²) in [5.41, 5.74) is -0.963. The number of aromatic carboxylic acids is 2. The zero-order valence-electron chi connectivity index (χ0n) is 33.7. The largest absolute Gasteiger partial charge is 1.00 e. The molecule has 8 aromatic rings. The van der Waals surface area contributed by atoms with Gasteiger partial charge in [-0.05, 0) is 109 Å². The maximum Gasteiger partial charge on any atom is 0.339 e. The van der Waals surface area contributed by atoms with Crippen molar-refractivity contribution in [2.75, 3.05) is 5.83 Å². The van der Waals surface area contributed by atoms with Gasteiger partial charge in [0.1, 0.15) is 22.9 Å². The van der Waals surface area contributed by atoms with Crippen LogP contribution in [0.5, 0.6) is 11.5 Å². The third kappa shape index (κ3) is 16.2. The Bertz CT molecular complexity index is 2180. The van der Waals surface area contributed by atoms with Crippen LogP contribution in [0.3, 0.4) is 0 Å². The summed E-state index contributed by atoms with van der Waals surface area (Å²) in [4.78, 5) is 28.6. The maximum atomic E-state index is 12.3. The molecular weight excluding hydrogens is 970 g/mol. The van der Waals surface area contributed by atoms with E-state index in [2.05, 4.69) is 198 Å². The number of rotatable bonds is 8. The molecule has 0 unspecified atom stereocenters. The fraction of sp³-hybridized carbons (Fsp3) is 0.0196. The number of hydrogen-bond acceptors (Lipinski definition) is 4. The molecule has 0 spiro atoms. The summed E-state index contributed by atoms with van der Waals surface area (Å²) in [6, 6.07) is 69.6. The van der Waals surface area contributed by atoms with Gasteiger partial charge in [0.15, 0.2) is 29.4 Å². The lowest BCUT2D eigenvalue weighted by atomic mass is 10.2. The van der Waals surface area contributed by atoms with Crippen LogP contribution in [0.2, 0.25) is 0 Å². The highest BCUT2D eigenvalue weighted by Crippen LogP contribution is 2.32. The highest BCUT2D eigenvalue weighted by Gasteiger charge is 2.28. The summed E-state index contributed by atoms with van der Waals surface area (Å²) in [7, 11) is -0.0293. The van der Waals surface area contributed by atoms with Crippen molar-refractivity contribution in [2.24, 2.45) is 0 Å². The van der Waals surface area contributed by atoms with Gasteiger partial charge in [-0.3, -0.25) is 0 Å². The Morgan fingerprint density at radius 2 is 0.667 bits per heavy atom. The molecule has 0 aliphatic carbocycles. The smallest absolute Gasteiger partial charge is 0.339 e. The molecule has 3 N–H and O–H groups in total. The van der Waals surface area contributed by atoms with Crippen molar-refractivity contribution in [3.63, 3.8) is 0 Å². The number of phenols is 1. The normalized spacial score (nSPS) is 9.81. The number of aromatic hydroxyl groups is 1. The monoisotopic (exact) mass is 1010 g/mol. The van der Waals surface area contributed by atoms with Gasteiger partial charge in [0, 0.05) is 0 Å². The van der Waals surface area contributed by atoms with Crippen molar-refractivity contribution in [3.8, 4) is 11.5 Å². The van der Waals surface area contributed by atoms with E-state index in [1.165, 1.54) is 29.4 Å². The summed E-state index contributed by atoms with van der Waals surface area (Å²) in [5.74, 6) is -3.45. The van der Waals surface area contributed by atoms with Crippen LogP contribution in [0.15, 0.2) is 248 Å². The zero-order valence-corrected chi connectivity index (χ0v) is 38.5. The van der Waals surface area contributed by atoms with Crippen molar-refractivity contribution in [2.45, 2.75) is 29.4 Å². The molecule has 0 radical (unpaired) electrons. The van der Waals surface area contributed by atoms with Crippen LogP contribution in [0.25, 0.3) is 0 Å². The topological polar surface area (TPSA) is 118 Å². The number of carbonyl (C=O) groups is 2. The van der Waals surface area contributed by atoms with Crippen LogP contribution < -0.4 is 22.1 Å². The number of hydrogen-bond donors (Lipinski definition) is 3. The average molecular weight is 1010 g/mol. The fourth-order valence-electron chi connectivity index (χ4n) is 5.50. The minimum atomic E-state index is -1.41. The summed E-state index contributed by atoms with van der Waals surface area (Å²) >= 11 is 2.94. The number of halogens is 4. The van der Waals surface area contributed by atoms with Crippen molar-refractivity contribution < 1.29 is 55.8 Å². The van der Waals surface area contributed by atoms with E-state index in [-0.39, 0.29) is 38.8 Å². The molecule has 8 aromatic carbocycles. The standard InChI is InChI=1S/2C18H15S.2C7H5FO3.CH3Br.BrH/c2*1-4-10-16(11-5-1)19(17-12-6-2-7-13-17)18-14-8-3-9-15-18;2*8-4-1-2-6(9)5(3-4)7(10)11;1-2;/h2*1-15H;2*1-3,9H,(H,10,11);1H3;1H/q2*+1;;;;/p-2. The van der Waals surface area contributed by atoms with E-state index >= 15 is 0 Å². The molecule has 322 valence electrons. The Hall–Kier alpha value is -6.18. The Balaban J connectivity index is 0.000000227. The molecule has 0 aliphatic heterocycles. The first-order valence-electron chi connectivity index (χ1n) is 18.7. The second-order valence-corrected chi connectivity index (χ2v) is 16.5. The molecule has 6 nitrogen and oxygen atoms in total. The van der Waals surface area contributed by atoms with Gasteiger partial charge in [0.25, 0.3) is 0 Å². The summed E-state index contributed by atoms with van der Waals surface area (Å²) in [6.07, 6.45) is 0. The first kappa shape index (κ1) is 51.2. The number of alkyl halides is 1. The Morgan fingerprint density at radius 3 is 0.889 bits per heavy atom. The van der Waals surface area contributed by atoms with E-state index in [1.807, 2.05) is 5.83 Å². The first-order chi connectivity index (χ1) is 30.1. The van der Waals surface area contributed by atoms with Gasteiger partial charge in [0.2, 0.25) is 0 Å². The highest BCUT2D eigenvalue weighted by molar-refractivity contribution is 9.08. The lowest BCUT2D eigenvalue weighted by Crippen LogP contribution is -3.00. The molecule has 0 amide bonds. The predicted octanol–water partition coefficient (Wildman–Crippen LogP) is 9.41. The van der Waals surface area contributed by atoms with Gasteiger partial charge in [-0.2, -0.15) is 0 Å². The van der Waals surface area contributed by atoms with Crippen LogP contribution in [0.4, 0.5) is 8.78 Å². The second-order valence-electron chi connectivity index (χ2n) is 12.4. The van der Waals surface area contributed by atoms with Crippen molar-refractivity contribution >= 4 is 49.7 Å². The molecular formula is C51H42Br2F2O6S2. The molecule has 0 heterocycles. The molecule has 0 aromatic heterocycles. The summed E-state index contributed by atoms with van der Waals surface area (Å²) < 4.78 is 24.6. The van der Waals surface area contributed by atoms with Crippen molar-refractivity contribution in [1.82, 2.24) is 0 Å². The molecule has 63 heavy (non-hydrogen) atoms. The molecule has 0 fully saturated rings. The van der Waals surface area contributed by atoms with Crippen LogP contribution in [0.1, 0.15) is 20.7 Å². The fourth-order valence-corrected chi connectivity index (χ4v) is 9.71. The van der Waals surface area contributed by atoms with Gasteiger partial charge >= 0.3 is 11.9 Å². The lowest BCUT2D eigenvalue weighted by molar-refractivity contribution is -0.268. The van der Waals surface area contributed by atoms with Crippen LogP contribution in [0, 0.1) is 11.6 Å². The predicted molar refractivity (Wildman–Crippen MR) is 246 cm³/mol. The average Bonchev–Trinajstić information content (AvgIpc) is 3.31. The van der Waals surface area contributed by atoms with Crippen molar-refractivity contribution in [1.29, 1.82) is 0 Å². The van der Waals surface area contributed by atoms with Gasteiger partial charge in [-0.15, -0.1) is 0 Å². The van der Waals surface area contributed by atoms with Crippen LogP contribution in [-0.4, -0.2) is 33.1 Å². The first-order valence-corrected chi connectivity index (χ1v) is 22.7. The minimum Gasteiger partial charge on any atom is -1.00 e. The third-order valence-electron chi connectivity index (χ3n) is 8.23. The minimum absolute atomic E-state index is 0. The Morgan fingerprint density at radius 1 is 0.429 bits per heavy atom. The molecule has 0 bridgehead atoms. The summed E-state index contributed by atoms with van der Waals surface area (Å²) in [6.45, 7) is 0. The molecule has 0 saturated carbocycles. The molecule has 0 saturated heterocycles. The second kappa shape index (κ2) is 27.7. The maximum absolute atomic E-state index is 12.3. The van der Waals surface area contributed by atoms with E-state index < -0.39 is 46.2 Å². The highest BCUT2D eigenvalue weighted by atomic mass is 79.9. The van der Waals surface area contributed by atoms with Crippen molar-refractivity contribution in [3.05, 3.63) is 241 Å². The van der Waals surface area contributed by atoms with Gasteiger partial charge in [-0.1, -0.05) is 137 Å². The Kier molecular flexibility index (Phi) is 22.5.